The molecule has 0 amide bonds. The summed E-state index contributed by atoms with van der Waals surface area (Å²) in [7, 11) is -4.99. The van der Waals surface area contributed by atoms with E-state index in [0.29, 0.717) is 5.56 Å². The highest BCUT2D eigenvalue weighted by atomic mass is 32.2. The third-order valence-corrected chi connectivity index (χ3v) is 3.68. The Kier molecular flexibility index (Phi) is 4.76. The van der Waals surface area contributed by atoms with Gasteiger partial charge >= 0.3 is 0 Å². The van der Waals surface area contributed by atoms with Gasteiger partial charge in [0.05, 0.1) is 6.54 Å². The van der Waals surface area contributed by atoms with E-state index in [1.54, 1.807) is 30.3 Å². The van der Waals surface area contributed by atoms with Gasteiger partial charge in [0.15, 0.2) is 33.9 Å². The van der Waals surface area contributed by atoms with Gasteiger partial charge in [-0.1, -0.05) is 30.3 Å². The molecule has 2 N–H and O–H groups in total. The van der Waals surface area contributed by atoms with Crippen LogP contribution in [0.2, 0.25) is 0 Å². The zero-order valence-corrected chi connectivity index (χ0v) is 12.1. The van der Waals surface area contributed by atoms with Crippen LogP contribution in [0.4, 0.5) is 23.2 Å². The molecule has 2 rings (SSSR count). The highest BCUT2D eigenvalue weighted by Gasteiger charge is 2.31. The number of hydrogen-bond donors (Lipinski definition) is 1. The van der Waals surface area contributed by atoms with Crippen molar-refractivity contribution in [1.82, 2.24) is 0 Å². The number of azo groups is 1. The minimum absolute atomic E-state index is 0.0973. The van der Waals surface area contributed by atoms with Crippen molar-refractivity contribution in [1.29, 1.82) is 0 Å². The first-order valence-corrected chi connectivity index (χ1v) is 7.58. The fourth-order valence-electron chi connectivity index (χ4n) is 1.71. The normalized spacial score (nSPS) is 12.0. The molecule has 5 nitrogen and oxygen atoms in total. The van der Waals surface area contributed by atoms with Gasteiger partial charge in [-0.3, -0.25) is 0 Å². The van der Waals surface area contributed by atoms with E-state index < -0.39 is 43.9 Å². The molecule has 2 aromatic carbocycles. The van der Waals surface area contributed by atoms with Crippen LogP contribution in [0.5, 0.6) is 0 Å². The summed E-state index contributed by atoms with van der Waals surface area (Å²) in [4.78, 5) is -1.89. The molecule has 0 radical (unpaired) electrons. The summed E-state index contributed by atoms with van der Waals surface area (Å²) in [5, 5.41) is 11.1. The van der Waals surface area contributed by atoms with E-state index in [4.69, 9.17) is 0 Å². The number of nitrogens with two attached hydrogens (primary N) is 1. The molecule has 0 aliphatic rings. The second kappa shape index (κ2) is 6.42. The van der Waals surface area contributed by atoms with Crippen LogP contribution in [0.1, 0.15) is 5.56 Å². The van der Waals surface area contributed by atoms with E-state index in [1.165, 1.54) is 0 Å². The predicted octanol–water partition coefficient (Wildman–Crippen LogP) is 3.17. The summed E-state index contributed by atoms with van der Waals surface area (Å²) in [6.07, 6.45) is 0. The number of halogens is 4. The molecule has 23 heavy (non-hydrogen) atoms. The fraction of sp³-hybridized carbons (Fsp3) is 0.0769. The largest absolute Gasteiger partial charge is 0.244 e. The molecule has 2 aromatic rings. The minimum atomic E-state index is -4.99. The molecule has 0 aromatic heterocycles. The molecular weight excluding hydrogens is 338 g/mol. The number of nitrogens with zero attached hydrogens (tertiary/aromatic N) is 2. The molecule has 0 heterocycles. The summed E-state index contributed by atoms with van der Waals surface area (Å²) >= 11 is 0. The third kappa shape index (κ3) is 3.54. The lowest BCUT2D eigenvalue weighted by Crippen LogP contribution is -2.18. The molecule has 122 valence electrons. The number of sulfonamides is 1. The summed E-state index contributed by atoms with van der Waals surface area (Å²) in [5.74, 6) is -8.30. The number of primary sulfonamides is 1. The number of rotatable bonds is 4. The molecule has 0 saturated heterocycles. The maximum Gasteiger partial charge on any atom is 0.244 e. The number of benzene rings is 2. The Hall–Kier alpha value is -2.33. The first-order valence-electron chi connectivity index (χ1n) is 6.03. The summed E-state index contributed by atoms with van der Waals surface area (Å²) in [6.45, 7) is -0.0973. The molecule has 0 atom stereocenters. The SMILES string of the molecule is NS(=O)(=O)c1c(F)c(F)c(N=NCc2ccccc2)c(F)c1F. The third-order valence-electron chi connectivity index (χ3n) is 2.75. The van der Waals surface area contributed by atoms with Crippen LogP contribution in [0.15, 0.2) is 45.5 Å². The maximum absolute atomic E-state index is 13.7. The molecule has 0 spiro atoms. The van der Waals surface area contributed by atoms with E-state index in [1.807, 2.05) is 0 Å². The summed E-state index contributed by atoms with van der Waals surface area (Å²) in [5.41, 5.74) is -0.734. The Balaban J connectivity index is 2.45. The van der Waals surface area contributed by atoms with Crippen LogP contribution in [0, 0.1) is 23.3 Å². The molecule has 0 saturated carbocycles. The topological polar surface area (TPSA) is 84.9 Å². The molecule has 0 fully saturated rings. The van der Waals surface area contributed by atoms with Crippen LogP contribution >= 0.6 is 0 Å². The predicted molar refractivity (Wildman–Crippen MR) is 72.3 cm³/mol. The minimum Gasteiger partial charge on any atom is -0.224 e. The molecule has 0 aliphatic carbocycles. The van der Waals surface area contributed by atoms with Crippen molar-refractivity contribution < 1.29 is 26.0 Å². The zero-order chi connectivity index (χ0) is 17.2. The molecule has 0 unspecified atom stereocenters. The van der Waals surface area contributed by atoms with Gasteiger partial charge in [0, 0.05) is 0 Å². The molecule has 0 aliphatic heterocycles. The van der Waals surface area contributed by atoms with Gasteiger partial charge in [0.1, 0.15) is 0 Å². The highest BCUT2D eigenvalue weighted by molar-refractivity contribution is 7.89. The van der Waals surface area contributed by atoms with Gasteiger partial charge in [-0.25, -0.2) is 31.1 Å². The monoisotopic (exact) mass is 347 g/mol. The van der Waals surface area contributed by atoms with Crippen LogP contribution in [-0.4, -0.2) is 8.42 Å². The standard InChI is InChI=1S/C13H9F4N3O2S/c14-8-10(16)13(23(18,21)22)11(17)9(15)12(8)20-19-6-7-4-2-1-3-5-7/h1-5H,6H2,(H2,18,21,22). The Morgan fingerprint density at radius 1 is 0.913 bits per heavy atom. The Morgan fingerprint density at radius 2 is 1.43 bits per heavy atom. The lowest BCUT2D eigenvalue weighted by Gasteiger charge is -2.07. The molecule has 10 heteroatoms. The van der Waals surface area contributed by atoms with Crippen molar-refractivity contribution in [3.05, 3.63) is 59.2 Å². The van der Waals surface area contributed by atoms with Crippen LogP contribution in [0.3, 0.4) is 0 Å². The first-order chi connectivity index (χ1) is 10.7. The highest BCUT2D eigenvalue weighted by Crippen LogP contribution is 2.32. The average Bonchev–Trinajstić information content (AvgIpc) is 2.48. The van der Waals surface area contributed by atoms with Gasteiger partial charge in [-0.15, -0.1) is 5.11 Å². The van der Waals surface area contributed by atoms with E-state index in [-0.39, 0.29) is 6.54 Å². The van der Waals surface area contributed by atoms with Crippen molar-refractivity contribution in [3.63, 3.8) is 0 Å². The second-order valence-corrected chi connectivity index (χ2v) is 5.86. The summed E-state index contributed by atoms with van der Waals surface area (Å²) < 4.78 is 76.6. The van der Waals surface area contributed by atoms with Gasteiger partial charge in [0.25, 0.3) is 0 Å². The zero-order valence-electron chi connectivity index (χ0n) is 11.3. The van der Waals surface area contributed by atoms with Gasteiger partial charge in [-0.05, 0) is 5.56 Å². The van der Waals surface area contributed by atoms with Crippen LogP contribution in [-0.2, 0) is 16.6 Å². The quantitative estimate of drug-likeness (QED) is 0.523. The Labute approximate surface area is 128 Å². The van der Waals surface area contributed by atoms with E-state index in [2.05, 4.69) is 15.4 Å². The fourth-order valence-corrected chi connectivity index (χ4v) is 2.39. The lowest BCUT2D eigenvalue weighted by atomic mass is 10.2. The van der Waals surface area contributed by atoms with Gasteiger partial charge < -0.3 is 0 Å². The van der Waals surface area contributed by atoms with E-state index >= 15 is 0 Å². The van der Waals surface area contributed by atoms with Crippen molar-refractivity contribution in [2.24, 2.45) is 15.4 Å². The second-order valence-electron chi connectivity index (χ2n) is 4.36. The Morgan fingerprint density at radius 3 is 1.91 bits per heavy atom. The lowest BCUT2D eigenvalue weighted by molar-refractivity contribution is 0.421. The molecule has 0 bridgehead atoms. The average molecular weight is 347 g/mol. The maximum atomic E-state index is 13.7. The van der Waals surface area contributed by atoms with Crippen LogP contribution < -0.4 is 5.14 Å². The van der Waals surface area contributed by atoms with Crippen molar-refractivity contribution >= 4 is 15.7 Å². The number of hydrogen-bond acceptors (Lipinski definition) is 4. The van der Waals surface area contributed by atoms with Crippen molar-refractivity contribution in [3.8, 4) is 0 Å². The van der Waals surface area contributed by atoms with E-state index in [9.17, 15) is 26.0 Å². The van der Waals surface area contributed by atoms with E-state index in [0.717, 1.165) is 0 Å². The van der Waals surface area contributed by atoms with Crippen LogP contribution in [0.25, 0.3) is 0 Å². The van der Waals surface area contributed by atoms with Gasteiger partial charge in [-0.2, -0.15) is 5.11 Å². The van der Waals surface area contributed by atoms with Crippen molar-refractivity contribution in [2.75, 3.05) is 0 Å². The Bertz CT molecular complexity index is 842. The summed E-state index contributed by atoms with van der Waals surface area (Å²) in [6, 6.07) is 8.41. The van der Waals surface area contributed by atoms with Gasteiger partial charge in [0.2, 0.25) is 10.0 Å². The smallest absolute Gasteiger partial charge is 0.224 e. The molecular formula is C13H9F4N3O2S. The van der Waals surface area contributed by atoms with Crippen molar-refractivity contribution in [2.45, 2.75) is 11.4 Å². The first kappa shape index (κ1) is 17.0.